The molecule has 1 heterocycles. The van der Waals surface area contributed by atoms with Crippen LogP contribution in [-0.2, 0) is 16.0 Å². The predicted octanol–water partition coefficient (Wildman–Crippen LogP) is -0.779. The Morgan fingerprint density at radius 3 is 2.59 bits per heavy atom. The molecular formula is C23H38N4O2+2. The van der Waals surface area contributed by atoms with Gasteiger partial charge in [0.1, 0.15) is 6.04 Å². The Bertz CT molecular complexity index is 720. The molecule has 6 nitrogen and oxygen atoms in total. The summed E-state index contributed by atoms with van der Waals surface area (Å²) < 4.78 is 0. The van der Waals surface area contributed by atoms with Crippen molar-refractivity contribution in [2.24, 2.45) is 0 Å². The molecule has 1 aromatic carbocycles. The van der Waals surface area contributed by atoms with Gasteiger partial charge in [0.15, 0.2) is 13.1 Å². The SMILES string of the molecule is C[NH+](CC(=O)N1CC[NH+](CC(=O)NC(C)(C)C)CC1)[C@H]1CCCc2ccccc21. The van der Waals surface area contributed by atoms with E-state index in [-0.39, 0.29) is 17.4 Å². The minimum atomic E-state index is -0.195. The average Bonchev–Trinajstić information content (AvgIpc) is 2.66. The van der Waals surface area contributed by atoms with Gasteiger partial charge < -0.3 is 20.0 Å². The van der Waals surface area contributed by atoms with E-state index in [1.807, 2.05) is 25.7 Å². The number of hydrogen-bond donors (Lipinski definition) is 3. The Morgan fingerprint density at radius 1 is 1.21 bits per heavy atom. The van der Waals surface area contributed by atoms with Crippen molar-refractivity contribution in [2.75, 3.05) is 46.3 Å². The van der Waals surface area contributed by atoms with E-state index in [0.717, 1.165) is 39.0 Å². The summed E-state index contributed by atoms with van der Waals surface area (Å²) in [6, 6.07) is 9.11. The summed E-state index contributed by atoms with van der Waals surface area (Å²) in [5.74, 6) is 0.330. The molecule has 1 aliphatic carbocycles. The molecule has 1 aromatic rings. The number of aryl methyl sites for hydroxylation is 1. The number of carbonyl (C=O) groups excluding carboxylic acids is 2. The third-order valence-electron chi connectivity index (χ3n) is 6.14. The number of hydrogen-bond acceptors (Lipinski definition) is 2. The number of rotatable bonds is 5. The highest BCUT2D eigenvalue weighted by Crippen LogP contribution is 2.27. The topological polar surface area (TPSA) is 58.3 Å². The van der Waals surface area contributed by atoms with Crippen molar-refractivity contribution in [2.45, 2.75) is 51.6 Å². The largest absolute Gasteiger partial charge is 0.347 e. The normalized spacial score (nSPS) is 21.4. The summed E-state index contributed by atoms with van der Waals surface area (Å²) in [7, 11) is 2.16. The van der Waals surface area contributed by atoms with Crippen molar-refractivity contribution in [1.82, 2.24) is 10.2 Å². The highest BCUT2D eigenvalue weighted by Gasteiger charge is 2.31. The number of nitrogens with zero attached hydrogens (tertiary/aromatic N) is 1. The summed E-state index contributed by atoms with van der Waals surface area (Å²) in [4.78, 5) is 29.6. The van der Waals surface area contributed by atoms with Crippen LogP contribution in [0.1, 0.15) is 50.8 Å². The third kappa shape index (κ3) is 6.03. The molecule has 6 heteroatoms. The Labute approximate surface area is 175 Å². The maximum absolute atomic E-state index is 12.9. The first-order valence-corrected chi connectivity index (χ1v) is 11.1. The van der Waals surface area contributed by atoms with Crippen molar-refractivity contribution in [1.29, 1.82) is 0 Å². The zero-order chi connectivity index (χ0) is 21.0. The van der Waals surface area contributed by atoms with E-state index in [1.165, 1.54) is 27.3 Å². The monoisotopic (exact) mass is 402 g/mol. The second-order valence-corrected chi connectivity index (χ2v) is 9.77. The van der Waals surface area contributed by atoms with Gasteiger partial charge in [0, 0.05) is 17.5 Å². The van der Waals surface area contributed by atoms with Crippen LogP contribution in [0.3, 0.4) is 0 Å². The van der Waals surface area contributed by atoms with Gasteiger partial charge in [-0.3, -0.25) is 9.59 Å². The van der Waals surface area contributed by atoms with Gasteiger partial charge in [0.2, 0.25) is 0 Å². The molecule has 2 aliphatic rings. The van der Waals surface area contributed by atoms with Gasteiger partial charge in [0.25, 0.3) is 11.8 Å². The molecule has 29 heavy (non-hydrogen) atoms. The fourth-order valence-electron chi connectivity index (χ4n) is 4.68. The number of benzene rings is 1. The van der Waals surface area contributed by atoms with E-state index in [2.05, 4.69) is 36.6 Å². The van der Waals surface area contributed by atoms with Crippen molar-refractivity contribution < 1.29 is 19.4 Å². The summed E-state index contributed by atoms with van der Waals surface area (Å²) in [6.07, 6.45) is 3.50. The first-order chi connectivity index (χ1) is 13.7. The van der Waals surface area contributed by atoms with Crippen molar-refractivity contribution in [3.63, 3.8) is 0 Å². The molecule has 160 valence electrons. The minimum Gasteiger partial charge on any atom is -0.347 e. The van der Waals surface area contributed by atoms with Gasteiger partial charge in [-0.05, 0) is 39.2 Å². The number of nitrogens with one attached hydrogen (secondary N) is 3. The molecule has 1 aliphatic heterocycles. The van der Waals surface area contributed by atoms with E-state index in [9.17, 15) is 9.59 Å². The second kappa shape index (κ2) is 9.26. The Balaban J connectivity index is 1.47. The van der Waals surface area contributed by atoms with Crippen LogP contribution in [0.25, 0.3) is 0 Å². The van der Waals surface area contributed by atoms with E-state index in [4.69, 9.17) is 0 Å². The summed E-state index contributed by atoms with van der Waals surface area (Å²) in [5.41, 5.74) is 2.67. The number of fused-ring (bicyclic) bond motifs is 1. The smallest absolute Gasteiger partial charge is 0.278 e. The lowest BCUT2D eigenvalue weighted by atomic mass is 9.87. The lowest BCUT2D eigenvalue weighted by Crippen LogP contribution is -3.16. The highest BCUT2D eigenvalue weighted by atomic mass is 16.2. The number of likely N-dealkylation sites (N-methyl/N-ethyl adjacent to an activating group) is 1. The van der Waals surface area contributed by atoms with Gasteiger partial charge in [-0.15, -0.1) is 0 Å². The van der Waals surface area contributed by atoms with Crippen molar-refractivity contribution in [3.05, 3.63) is 35.4 Å². The van der Waals surface area contributed by atoms with Crippen molar-refractivity contribution >= 4 is 11.8 Å². The predicted molar refractivity (Wildman–Crippen MR) is 114 cm³/mol. The van der Waals surface area contributed by atoms with Gasteiger partial charge in [-0.1, -0.05) is 24.3 Å². The molecule has 3 N–H and O–H groups in total. The first kappa shape index (κ1) is 21.8. The standard InChI is InChI=1S/C23H36N4O2/c1-23(2,3)24-21(28)16-26-12-14-27(15-13-26)22(29)17-25(4)20-11-7-9-18-8-5-6-10-19(18)20/h5-6,8,10,20H,7,9,11-17H2,1-4H3,(H,24,28)/p+2/t20-/m0/s1. The molecule has 2 amide bonds. The molecule has 0 bridgehead atoms. The number of amides is 2. The van der Waals surface area contributed by atoms with Crippen LogP contribution in [-0.4, -0.2) is 68.6 Å². The van der Waals surface area contributed by atoms with E-state index in [1.54, 1.807) is 0 Å². The lowest BCUT2D eigenvalue weighted by molar-refractivity contribution is -0.906. The van der Waals surface area contributed by atoms with Gasteiger partial charge >= 0.3 is 0 Å². The molecule has 0 saturated carbocycles. The summed E-state index contributed by atoms with van der Waals surface area (Å²) >= 11 is 0. The van der Waals surface area contributed by atoms with Gasteiger partial charge in [-0.2, -0.15) is 0 Å². The number of quaternary nitrogens is 2. The Morgan fingerprint density at radius 2 is 1.90 bits per heavy atom. The quantitative estimate of drug-likeness (QED) is 0.605. The molecule has 1 unspecified atom stereocenters. The van der Waals surface area contributed by atoms with Crippen LogP contribution < -0.4 is 15.1 Å². The minimum absolute atomic E-state index is 0.0902. The molecular weight excluding hydrogens is 364 g/mol. The van der Waals surface area contributed by atoms with Crippen LogP contribution in [0.5, 0.6) is 0 Å². The zero-order valence-corrected chi connectivity index (χ0v) is 18.5. The maximum Gasteiger partial charge on any atom is 0.278 e. The van der Waals surface area contributed by atoms with Crippen molar-refractivity contribution in [3.8, 4) is 0 Å². The Hall–Kier alpha value is -1.92. The molecule has 1 fully saturated rings. The van der Waals surface area contributed by atoms with E-state index >= 15 is 0 Å². The van der Waals surface area contributed by atoms with Gasteiger partial charge in [0.05, 0.1) is 33.2 Å². The third-order valence-corrected chi connectivity index (χ3v) is 6.14. The molecule has 0 spiro atoms. The van der Waals surface area contributed by atoms with Crippen LogP contribution in [0, 0.1) is 0 Å². The molecule has 0 radical (unpaired) electrons. The number of carbonyl (C=O) groups is 2. The average molecular weight is 403 g/mol. The zero-order valence-electron chi connectivity index (χ0n) is 18.5. The lowest BCUT2D eigenvalue weighted by Gasteiger charge is -2.34. The van der Waals surface area contributed by atoms with E-state index < -0.39 is 0 Å². The van der Waals surface area contributed by atoms with Crippen LogP contribution in [0.4, 0.5) is 0 Å². The van der Waals surface area contributed by atoms with Crippen LogP contribution >= 0.6 is 0 Å². The van der Waals surface area contributed by atoms with Crippen LogP contribution in [0.2, 0.25) is 0 Å². The Kier molecular flexibility index (Phi) is 6.96. The van der Waals surface area contributed by atoms with Gasteiger partial charge in [-0.25, -0.2) is 0 Å². The molecule has 3 rings (SSSR count). The fraction of sp³-hybridized carbons (Fsp3) is 0.652. The second-order valence-electron chi connectivity index (χ2n) is 9.77. The van der Waals surface area contributed by atoms with Crippen LogP contribution in [0.15, 0.2) is 24.3 Å². The molecule has 1 saturated heterocycles. The number of piperazine rings is 1. The van der Waals surface area contributed by atoms with E-state index in [0.29, 0.717) is 19.1 Å². The summed E-state index contributed by atoms with van der Waals surface area (Å²) in [5, 5.41) is 3.03. The maximum atomic E-state index is 12.9. The molecule has 0 aromatic heterocycles. The highest BCUT2D eigenvalue weighted by molar-refractivity contribution is 5.78. The first-order valence-electron chi connectivity index (χ1n) is 11.1. The molecule has 2 atom stereocenters. The fourth-order valence-corrected chi connectivity index (χ4v) is 4.68. The summed E-state index contributed by atoms with van der Waals surface area (Å²) in [6.45, 7) is 10.2.